The molecule has 3 rings (SSSR count). The summed E-state index contributed by atoms with van der Waals surface area (Å²) in [6.07, 6.45) is 4.81. The second-order valence-corrected chi connectivity index (χ2v) is 5.73. The molecule has 2 heterocycles. The van der Waals surface area contributed by atoms with Crippen molar-refractivity contribution >= 4 is 29.1 Å². The summed E-state index contributed by atoms with van der Waals surface area (Å²) in [5, 5.41) is 19.9. The number of anilines is 3. The minimum Gasteiger partial charge on any atom is -0.394 e. The number of halogens is 2. The van der Waals surface area contributed by atoms with Gasteiger partial charge in [-0.2, -0.15) is 10.1 Å². The lowest BCUT2D eigenvalue weighted by Crippen LogP contribution is -2.17. The van der Waals surface area contributed by atoms with E-state index in [9.17, 15) is 9.50 Å². The van der Waals surface area contributed by atoms with Gasteiger partial charge in [-0.05, 0) is 6.07 Å². The Bertz CT molecular complexity index is 871. The van der Waals surface area contributed by atoms with Gasteiger partial charge in [-0.15, -0.1) is 0 Å². The van der Waals surface area contributed by atoms with E-state index >= 15 is 0 Å². The summed E-state index contributed by atoms with van der Waals surface area (Å²) in [4.78, 5) is 8.38. The van der Waals surface area contributed by atoms with Gasteiger partial charge in [0, 0.05) is 18.8 Å². The molecule has 1 aromatic carbocycles. The van der Waals surface area contributed by atoms with Crippen LogP contribution in [0, 0.1) is 5.82 Å². The Morgan fingerprint density at radius 1 is 1.32 bits per heavy atom. The van der Waals surface area contributed by atoms with E-state index < -0.39 is 11.9 Å². The van der Waals surface area contributed by atoms with Crippen LogP contribution in [0.25, 0.3) is 0 Å². The molecule has 7 nitrogen and oxygen atoms in total. The number of aryl methyl sites for hydroxylation is 1. The first-order chi connectivity index (χ1) is 12.1. The highest BCUT2D eigenvalue weighted by Gasteiger charge is 2.17. The smallest absolute Gasteiger partial charge is 0.229 e. The van der Waals surface area contributed by atoms with Crippen LogP contribution in [0.1, 0.15) is 11.6 Å². The molecule has 2 aromatic heterocycles. The number of nitrogens with zero attached hydrogens (tertiary/aromatic N) is 4. The summed E-state index contributed by atoms with van der Waals surface area (Å²) in [6.45, 7) is -0.327. The molecule has 0 aliphatic rings. The number of hydrogen-bond donors (Lipinski definition) is 3. The van der Waals surface area contributed by atoms with Crippen LogP contribution in [0.5, 0.6) is 0 Å². The zero-order valence-corrected chi connectivity index (χ0v) is 14.1. The zero-order valence-electron chi connectivity index (χ0n) is 13.3. The minimum absolute atomic E-state index is 0.256. The van der Waals surface area contributed by atoms with Crippen molar-refractivity contribution in [3.63, 3.8) is 0 Å². The third-order valence-electron chi connectivity index (χ3n) is 3.48. The van der Waals surface area contributed by atoms with Gasteiger partial charge in [-0.3, -0.25) is 4.68 Å². The average Bonchev–Trinajstić information content (AvgIpc) is 3.01. The van der Waals surface area contributed by atoms with E-state index in [4.69, 9.17) is 11.6 Å². The van der Waals surface area contributed by atoms with Gasteiger partial charge in [0.15, 0.2) is 5.82 Å². The SMILES string of the molecule is Cn1cc(Nc2ncc(Cl)c(NC(CO)c3ccccc3F)n2)cn1. The van der Waals surface area contributed by atoms with Gasteiger partial charge in [-0.1, -0.05) is 29.8 Å². The molecule has 3 aromatic rings. The molecule has 9 heteroatoms. The van der Waals surface area contributed by atoms with Crippen LogP contribution < -0.4 is 10.6 Å². The van der Waals surface area contributed by atoms with Crippen LogP contribution >= 0.6 is 11.6 Å². The summed E-state index contributed by atoms with van der Waals surface area (Å²) in [6, 6.07) is 5.50. The fourth-order valence-electron chi connectivity index (χ4n) is 2.29. The lowest BCUT2D eigenvalue weighted by atomic mass is 10.1. The summed E-state index contributed by atoms with van der Waals surface area (Å²) in [5.74, 6) is 0.156. The molecule has 0 saturated heterocycles. The number of aliphatic hydroxyl groups is 1. The molecule has 1 unspecified atom stereocenters. The van der Waals surface area contributed by atoms with E-state index in [1.54, 1.807) is 42.3 Å². The first kappa shape index (κ1) is 17.1. The number of benzene rings is 1. The van der Waals surface area contributed by atoms with Gasteiger partial charge in [-0.25, -0.2) is 9.37 Å². The molecule has 25 heavy (non-hydrogen) atoms. The third-order valence-corrected chi connectivity index (χ3v) is 3.76. The second-order valence-electron chi connectivity index (χ2n) is 5.32. The molecule has 0 aliphatic carbocycles. The van der Waals surface area contributed by atoms with Gasteiger partial charge < -0.3 is 15.7 Å². The molecule has 1 atom stereocenters. The molecule has 0 aliphatic heterocycles. The van der Waals surface area contributed by atoms with E-state index in [1.807, 2.05) is 0 Å². The van der Waals surface area contributed by atoms with E-state index in [-0.39, 0.29) is 17.4 Å². The Labute approximate surface area is 148 Å². The van der Waals surface area contributed by atoms with Crippen molar-refractivity contribution in [3.05, 3.63) is 59.3 Å². The molecule has 0 bridgehead atoms. The van der Waals surface area contributed by atoms with Gasteiger partial charge >= 0.3 is 0 Å². The standard InChI is InChI=1S/C16H16ClFN6O/c1-24-8-10(6-20-24)21-16-19-7-12(17)15(23-16)22-14(9-25)11-4-2-3-5-13(11)18/h2-8,14,25H,9H2,1H3,(H2,19,21,22,23). The van der Waals surface area contributed by atoms with Crippen LogP contribution in [0.4, 0.5) is 21.8 Å². The van der Waals surface area contributed by atoms with Crippen LogP contribution in [-0.4, -0.2) is 31.5 Å². The molecule has 0 amide bonds. The van der Waals surface area contributed by atoms with Gasteiger partial charge in [0.1, 0.15) is 10.8 Å². The number of hydrogen-bond acceptors (Lipinski definition) is 6. The number of rotatable bonds is 6. The normalized spacial score (nSPS) is 12.0. The van der Waals surface area contributed by atoms with Crippen molar-refractivity contribution in [1.82, 2.24) is 19.7 Å². The maximum absolute atomic E-state index is 14.0. The highest BCUT2D eigenvalue weighted by Crippen LogP contribution is 2.26. The number of aromatic nitrogens is 4. The van der Waals surface area contributed by atoms with E-state index in [1.165, 1.54) is 12.3 Å². The van der Waals surface area contributed by atoms with Crippen LogP contribution in [-0.2, 0) is 7.05 Å². The van der Waals surface area contributed by atoms with Gasteiger partial charge in [0.05, 0.1) is 30.7 Å². The number of nitrogens with one attached hydrogen (secondary N) is 2. The molecule has 0 radical (unpaired) electrons. The van der Waals surface area contributed by atoms with Crippen LogP contribution in [0.3, 0.4) is 0 Å². The monoisotopic (exact) mass is 362 g/mol. The summed E-state index contributed by atoms with van der Waals surface area (Å²) in [7, 11) is 1.79. The van der Waals surface area contributed by atoms with E-state index in [0.717, 1.165) is 0 Å². The quantitative estimate of drug-likeness (QED) is 0.625. The Balaban J connectivity index is 1.83. The maximum Gasteiger partial charge on any atom is 0.229 e. The Kier molecular flexibility index (Phi) is 5.11. The highest BCUT2D eigenvalue weighted by molar-refractivity contribution is 6.32. The molecule has 0 spiro atoms. The molecular formula is C16H16ClFN6O. The fraction of sp³-hybridized carbons (Fsp3) is 0.188. The van der Waals surface area contributed by atoms with Crippen molar-refractivity contribution in [2.45, 2.75) is 6.04 Å². The van der Waals surface area contributed by atoms with Gasteiger partial charge in [0.25, 0.3) is 0 Å². The minimum atomic E-state index is -0.695. The maximum atomic E-state index is 14.0. The molecule has 3 N–H and O–H groups in total. The van der Waals surface area contributed by atoms with Crippen LogP contribution in [0.15, 0.2) is 42.9 Å². The Morgan fingerprint density at radius 2 is 2.12 bits per heavy atom. The van der Waals surface area contributed by atoms with Crippen molar-refractivity contribution in [3.8, 4) is 0 Å². The average molecular weight is 363 g/mol. The van der Waals surface area contributed by atoms with E-state index in [2.05, 4.69) is 25.7 Å². The fourth-order valence-corrected chi connectivity index (χ4v) is 2.43. The van der Waals surface area contributed by atoms with Crippen molar-refractivity contribution in [2.24, 2.45) is 7.05 Å². The summed E-state index contributed by atoms with van der Waals surface area (Å²) >= 11 is 6.12. The zero-order chi connectivity index (χ0) is 17.8. The van der Waals surface area contributed by atoms with E-state index in [0.29, 0.717) is 17.2 Å². The predicted octanol–water partition coefficient (Wildman–Crippen LogP) is 2.89. The molecule has 0 saturated carbocycles. The first-order valence-corrected chi connectivity index (χ1v) is 7.84. The Hall–Kier alpha value is -2.71. The predicted molar refractivity (Wildman–Crippen MR) is 93.4 cm³/mol. The lowest BCUT2D eigenvalue weighted by molar-refractivity contribution is 0.273. The highest BCUT2D eigenvalue weighted by atomic mass is 35.5. The van der Waals surface area contributed by atoms with Crippen molar-refractivity contribution in [1.29, 1.82) is 0 Å². The third kappa shape index (κ3) is 4.04. The molecular weight excluding hydrogens is 347 g/mol. The Morgan fingerprint density at radius 3 is 2.80 bits per heavy atom. The summed E-state index contributed by atoms with van der Waals surface area (Å²) in [5.41, 5.74) is 1.03. The van der Waals surface area contributed by atoms with Crippen molar-refractivity contribution < 1.29 is 9.50 Å². The largest absolute Gasteiger partial charge is 0.394 e. The first-order valence-electron chi connectivity index (χ1n) is 7.47. The van der Waals surface area contributed by atoms with Gasteiger partial charge in [0.2, 0.25) is 5.95 Å². The van der Waals surface area contributed by atoms with Crippen LogP contribution in [0.2, 0.25) is 5.02 Å². The number of aliphatic hydroxyl groups excluding tert-OH is 1. The molecule has 0 fully saturated rings. The molecule has 130 valence electrons. The lowest BCUT2D eigenvalue weighted by Gasteiger charge is -2.19. The topological polar surface area (TPSA) is 87.9 Å². The summed E-state index contributed by atoms with van der Waals surface area (Å²) < 4.78 is 15.6. The second kappa shape index (κ2) is 7.45. The van der Waals surface area contributed by atoms with Crippen molar-refractivity contribution in [2.75, 3.05) is 17.2 Å².